The maximum atomic E-state index is 11.8. The van der Waals surface area contributed by atoms with Gasteiger partial charge in [-0.1, -0.05) is 12.1 Å². The standard InChI is InChI=1S/C32H28O6/c1-5-6-7-21-16-23(34-2)11-12-25(21)27-19-26-22(17-29(27)36-4)9-8-20-10-13-28(35-3)32(31(20)26)38-24-14-15-37-30(33)18-24/h1,10-19H,6-9H2,2-4H3. The molecule has 38 heavy (non-hydrogen) atoms. The molecule has 0 aliphatic heterocycles. The van der Waals surface area contributed by atoms with E-state index in [1.54, 1.807) is 27.4 Å². The van der Waals surface area contributed by atoms with E-state index in [0.29, 0.717) is 30.1 Å². The van der Waals surface area contributed by atoms with E-state index in [0.717, 1.165) is 63.3 Å². The second-order valence-electron chi connectivity index (χ2n) is 8.96. The minimum atomic E-state index is -0.488. The first-order chi connectivity index (χ1) is 18.6. The fraction of sp³-hybridized carbons (Fsp3) is 0.219. The molecule has 0 radical (unpaired) electrons. The highest BCUT2D eigenvalue weighted by molar-refractivity contribution is 5.87. The third-order valence-electron chi connectivity index (χ3n) is 6.82. The van der Waals surface area contributed by atoms with Gasteiger partial charge in [0.15, 0.2) is 11.5 Å². The van der Waals surface area contributed by atoms with Crippen molar-refractivity contribution in [2.45, 2.75) is 25.7 Å². The third kappa shape index (κ3) is 4.71. The smallest absolute Gasteiger partial charge is 0.339 e. The van der Waals surface area contributed by atoms with Crippen molar-refractivity contribution in [2.24, 2.45) is 0 Å². The van der Waals surface area contributed by atoms with Crippen molar-refractivity contribution in [3.8, 4) is 63.3 Å². The molecule has 6 nitrogen and oxygen atoms in total. The predicted octanol–water partition coefficient (Wildman–Crippen LogP) is 6.46. The lowest BCUT2D eigenvalue weighted by molar-refractivity contribution is 0.376. The van der Waals surface area contributed by atoms with Crippen LogP contribution in [-0.2, 0) is 19.3 Å². The van der Waals surface area contributed by atoms with Crippen LogP contribution in [-0.4, -0.2) is 21.3 Å². The van der Waals surface area contributed by atoms with Gasteiger partial charge in [-0.15, -0.1) is 12.3 Å². The lowest BCUT2D eigenvalue weighted by Gasteiger charge is -2.26. The van der Waals surface area contributed by atoms with Crippen LogP contribution in [0.25, 0.3) is 22.3 Å². The molecule has 0 fully saturated rings. The van der Waals surface area contributed by atoms with Gasteiger partial charge in [0.2, 0.25) is 0 Å². The van der Waals surface area contributed by atoms with Crippen molar-refractivity contribution in [3.63, 3.8) is 0 Å². The quantitative estimate of drug-likeness (QED) is 0.255. The summed E-state index contributed by atoms with van der Waals surface area (Å²) < 4.78 is 28.2. The topological polar surface area (TPSA) is 67.1 Å². The van der Waals surface area contributed by atoms with Crippen molar-refractivity contribution < 1.29 is 23.4 Å². The molecule has 3 aromatic carbocycles. The van der Waals surface area contributed by atoms with E-state index in [2.05, 4.69) is 24.1 Å². The van der Waals surface area contributed by atoms with Crippen LogP contribution in [0.1, 0.15) is 23.1 Å². The van der Waals surface area contributed by atoms with Gasteiger partial charge < -0.3 is 23.4 Å². The highest BCUT2D eigenvalue weighted by atomic mass is 16.5. The number of benzene rings is 3. The molecular formula is C32H28O6. The molecule has 0 saturated carbocycles. The number of hydrogen-bond donors (Lipinski definition) is 0. The van der Waals surface area contributed by atoms with Crippen LogP contribution in [0.2, 0.25) is 0 Å². The number of rotatable bonds is 8. The monoisotopic (exact) mass is 508 g/mol. The molecule has 1 aromatic heterocycles. The molecule has 0 N–H and O–H groups in total. The zero-order valence-electron chi connectivity index (χ0n) is 21.6. The largest absolute Gasteiger partial charge is 0.497 e. The van der Waals surface area contributed by atoms with Crippen molar-refractivity contribution >= 4 is 0 Å². The van der Waals surface area contributed by atoms with Gasteiger partial charge in [0.25, 0.3) is 0 Å². The Balaban J connectivity index is 1.73. The highest BCUT2D eigenvalue weighted by Crippen LogP contribution is 2.49. The third-order valence-corrected chi connectivity index (χ3v) is 6.82. The summed E-state index contributed by atoms with van der Waals surface area (Å²) in [7, 11) is 4.94. The Morgan fingerprint density at radius 1 is 0.816 bits per heavy atom. The Labute approximate surface area is 221 Å². The van der Waals surface area contributed by atoms with Crippen molar-refractivity contribution in [3.05, 3.63) is 88.0 Å². The summed E-state index contributed by atoms with van der Waals surface area (Å²) in [6.07, 6.45) is 9.91. The Bertz CT molecular complexity index is 1590. The molecule has 1 aliphatic rings. The second-order valence-corrected chi connectivity index (χ2v) is 8.96. The summed E-state index contributed by atoms with van der Waals surface area (Å²) >= 11 is 0. The van der Waals surface area contributed by atoms with Gasteiger partial charge in [-0.3, -0.25) is 0 Å². The summed E-state index contributed by atoms with van der Waals surface area (Å²) in [4.78, 5) is 11.8. The van der Waals surface area contributed by atoms with Gasteiger partial charge in [-0.05, 0) is 77.4 Å². The molecule has 6 heteroatoms. The molecule has 0 amide bonds. The molecular weight excluding hydrogens is 480 g/mol. The normalized spacial score (nSPS) is 11.6. The van der Waals surface area contributed by atoms with Crippen LogP contribution in [0.15, 0.2) is 70.1 Å². The van der Waals surface area contributed by atoms with Crippen molar-refractivity contribution in [1.82, 2.24) is 0 Å². The van der Waals surface area contributed by atoms with Crippen LogP contribution in [0, 0.1) is 12.3 Å². The first-order valence-corrected chi connectivity index (χ1v) is 12.3. The second kappa shape index (κ2) is 10.8. The fourth-order valence-electron chi connectivity index (χ4n) is 5.00. The van der Waals surface area contributed by atoms with Gasteiger partial charge in [0, 0.05) is 23.6 Å². The number of aryl methyl sites for hydroxylation is 3. The Hall–Kier alpha value is -4.63. The van der Waals surface area contributed by atoms with Gasteiger partial charge in [-0.2, -0.15) is 0 Å². The molecule has 0 atom stereocenters. The molecule has 1 heterocycles. The van der Waals surface area contributed by atoms with Crippen molar-refractivity contribution in [2.75, 3.05) is 21.3 Å². The van der Waals surface area contributed by atoms with Gasteiger partial charge in [-0.25, -0.2) is 4.79 Å². The van der Waals surface area contributed by atoms with E-state index in [1.165, 1.54) is 12.3 Å². The van der Waals surface area contributed by atoms with E-state index in [9.17, 15) is 4.79 Å². The summed E-state index contributed by atoms with van der Waals surface area (Å²) in [6, 6.07) is 17.2. The summed E-state index contributed by atoms with van der Waals surface area (Å²) in [6.45, 7) is 0. The number of terminal acetylenes is 1. The van der Waals surface area contributed by atoms with Crippen LogP contribution in [0.5, 0.6) is 28.7 Å². The molecule has 0 bridgehead atoms. The Morgan fingerprint density at radius 3 is 2.37 bits per heavy atom. The lowest BCUT2D eigenvalue weighted by atomic mass is 9.82. The number of methoxy groups -OCH3 is 3. The van der Waals surface area contributed by atoms with Crippen LogP contribution in [0.4, 0.5) is 0 Å². The molecule has 0 spiro atoms. The average molecular weight is 509 g/mol. The molecule has 1 aliphatic carbocycles. The van der Waals surface area contributed by atoms with Crippen LogP contribution >= 0.6 is 0 Å². The van der Waals surface area contributed by atoms with Crippen molar-refractivity contribution in [1.29, 1.82) is 0 Å². The van der Waals surface area contributed by atoms with E-state index in [1.807, 2.05) is 24.3 Å². The van der Waals surface area contributed by atoms with Crippen LogP contribution in [0.3, 0.4) is 0 Å². The average Bonchev–Trinajstić information content (AvgIpc) is 2.95. The lowest BCUT2D eigenvalue weighted by Crippen LogP contribution is -2.08. The number of fused-ring (bicyclic) bond motifs is 3. The van der Waals surface area contributed by atoms with E-state index >= 15 is 0 Å². The first kappa shape index (κ1) is 25.0. The Morgan fingerprint density at radius 2 is 1.63 bits per heavy atom. The Kier molecular flexibility index (Phi) is 7.10. The minimum absolute atomic E-state index is 0.375. The van der Waals surface area contributed by atoms with Gasteiger partial charge >= 0.3 is 5.63 Å². The molecule has 5 rings (SSSR count). The first-order valence-electron chi connectivity index (χ1n) is 12.3. The fourth-order valence-corrected chi connectivity index (χ4v) is 5.00. The number of ether oxygens (including phenoxy) is 4. The van der Waals surface area contributed by atoms with E-state index in [4.69, 9.17) is 29.8 Å². The molecule has 4 aromatic rings. The SMILES string of the molecule is C#CCCc1cc(OC)ccc1-c1cc2c(cc1OC)CCc1ccc(OC)c(Oc3ccoc(=O)c3)c1-2. The summed E-state index contributed by atoms with van der Waals surface area (Å²) in [5.74, 6) is 5.79. The maximum Gasteiger partial charge on any atom is 0.339 e. The highest BCUT2D eigenvalue weighted by Gasteiger charge is 2.26. The minimum Gasteiger partial charge on any atom is -0.497 e. The van der Waals surface area contributed by atoms with Gasteiger partial charge in [0.05, 0.1) is 33.7 Å². The summed E-state index contributed by atoms with van der Waals surface area (Å²) in [5, 5.41) is 0. The zero-order valence-corrected chi connectivity index (χ0v) is 21.6. The molecule has 0 saturated heterocycles. The predicted molar refractivity (Wildman–Crippen MR) is 147 cm³/mol. The molecule has 192 valence electrons. The number of hydrogen-bond acceptors (Lipinski definition) is 6. The molecule has 0 unspecified atom stereocenters. The summed E-state index contributed by atoms with van der Waals surface area (Å²) in [5.41, 5.74) is 6.80. The van der Waals surface area contributed by atoms with E-state index < -0.39 is 5.63 Å². The maximum absolute atomic E-state index is 11.8. The van der Waals surface area contributed by atoms with Gasteiger partial charge in [0.1, 0.15) is 17.2 Å². The van der Waals surface area contributed by atoms with Crippen LogP contribution < -0.4 is 24.6 Å². The van der Waals surface area contributed by atoms with E-state index in [-0.39, 0.29) is 0 Å². The zero-order chi connectivity index (χ0) is 26.6.